The fourth-order valence-electron chi connectivity index (χ4n) is 2.02. The molecule has 1 aromatic carbocycles. The van der Waals surface area contributed by atoms with Crippen molar-refractivity contribution in [3.8, 4) is 11.6 Å². The summed E-state index contributed by atoms with van der Waals surface area (Å²) in [6, 6.07) is 7.85. The van der Waals surface area contributed by atoms with E-state index in [1.54, 1.807) is 0 Å². The third-order valence-electron chi connectivity index (χ3n) is 3.13. The Morgan fingerprint density at radius 3 is 2.74 bits per heavy atom. The van der Waals surface area contributed by atoms with Crippen LogP contribution in [0.15, 0.2) is 35.0 Å². The second-order valence-corrected chi connectivity index (χ2v) is 4.56. The van der Waals surface area contributed by atoms with Crippen LogP contribution in [0.25, 0.3) is 11.1 Å². The average Bonchev–Trinajstić information content (AvgIpc) is 2.66. The molecular formula is C15H14N2O2. The van der Waals surface area contributed by atoms with Gasteiger partial charge in [0.15, 0.2) is 0 Å². The normalized spacial score (nSPS) is 10.9. The fourth-order valence-corrected chi connectivity index (χ4v) is 2.02. The quantitative estimate of drug-likeness (QED) is 0.695. The summed E-state index contributed by atoms with van der Waals surface area (Å²) in [4.78, 5) is 8.34. The van der Waals surface area contributed by atoms with Crippen LogP contribution in [0, 0.1) is 20.8 Å². The molecule has 0 bridgehead atoms. The standard InChI is InChI=1S/C15H14N2O2/c1-9-5-4-6-12(7-9)19-15-13-10(2)11(3)18-14(13)16-8-17-15/h4-8H,1-3H3. The predicted octanol–water partition coefficient (Wildman–Crippen LogP) is 3.94. The Bertz CT molecular complexity index is 747. The van der Waals surface area contributed by atoms with Crippen molar-refractivity contribution in [1.82, 2.24) is 9.97 Å². The van der Waals surface area contributed by atoms with Gasteiger partial charge in [0.1, 0.15) is 23.2 Å². The second-order valence-electron chi connectivity index (χ2n) is 4.56. The number of nitrogens with zero attached hydrogens (tertiary/aromatic N) is 2. The lowest BCUT2D eigenvalue weighted by molar-refractivity contribution is 0.466. The van der Waals surface area contributed by atoms with E-state index in [4.69, 9.17) is 9.15 Å². The Kier molecular flexibility index (Phi) is 2.71. The molecule has 3 aromatic rings. The van der Waals surface area contributed by atoms with Crippen molar-refractivity contribution in [2.45, 2.75) is 20.8 Å². The minimum absolute atomic E-state index is 0.532. The van der Waals surface area contributed by atoms with Crippen molar-refractivity contribution in [2.75, 3.05) is 0 Å². The lowest BCUT2D eigenvalue weighted by atomic mass is 10.2. The largest absolute Gasteiger partial charge is 0.443 e. The topological polar surface area (TPSA) is 48.2 Å². The summed E-state index contributed by atoms with van der Waals surface area (Å²) >= 11 is 0. The van der Waals surface area contributed by atoms with E-state index < -0.39 is 0 Å². The number of rotatable bonds is 2. The van der Waals surface area contributed by atoms with E-state index >= 15 is 0 Å². The first kappa shape index (κ1) is 11.7. The van der Waals surface area contributed by atoms with Crippen LogP contribution in [-0.4, -0.2) is 9.97 Å². The molecular weight excluding hydrogens is 240 g/mol. The molecule has 0 aliphatic rings. The van der Waals surface area contributed by atoms with Gasteiger partial charge in [-0.15, -0.1) is 0 Å². The molecule has 0 aliphatic heterocycles. The van der Waals surface area contributed by atoms with Crippen molar-refractivity contribution in [3.05, 3.63) is 47.5 Å². The smallest absolute Gasteiger partial charge is 0.233 e. The molecule has 0 saturated carbocycles. The highest BCUT2D eigenvalue weighted by Crippen LogP contribution is 2.32. The molecule has 4 nitrogen and oxygen atoms in total. The minimum Gasteiger partial charge on any atom is -0.443 e. The summed E-state index contributed by atoms with van der Waals surface area (Å²) in [5.74, 6) is 2.13. The van der Waals surface area contributed by atoms with Gasteiger partial charge in [0.05, 0.1) is 0 Å². The first-order valence-electron chi connectivity index (χ1n) is 6.10. The number of hydrogen-bond donors (Lipinski definition) is 0. The van der Waals surface area contributed by atoms with Crippen LogP contribution in [0.3, 0.4) is 0 Å². The maximum absolute atomic E-state index is 5.86. The van der Waals surface area contributed by atoms with Gasteiger partial charge in [-0.05, 0) is 38.5 Å². The molecule has 4 heteroatoms. The monoisotopic (exact) mass is 254 g/mol. The van der Waals surface area contributed by atoms with Crippen LogP contribution in [0.4, 0.5) is 0 Å². The number of aryl methyl sites for hydroxylation is 3. The van der Waals surface area contributed by atoms with Gasteiger partial charge >= 0.3 is 0 Å². The number of ether oxygens (including phenoxy) is 1. The molecule has 0 saturated heterocycles. The van der Waals surface area contributed by atoms with Crippen LogP contribution >= 0.6 is 0 Å². The van der Waals surface area contributed by atoms with Gasteiger partial charge in [-0.1, -0.05) is 12.1 Å². The van der Waals surface area contributed by atoms with Gasteiger partial charge in [0, 0.05) is 5.56 Å². The molecule has 2 heterocycles. The van der Waals surface area contributed by atoms with Crippen LogP contribution in [0.2, 0.25) is 0 Å². The van der Waals surface area contributed by atoms with Crippen molar-refractivity contribution in [3.63, 3.8) is 0 Å². The highest BCUT2D eigenvalue weighted by molar-refractivity contribution is 5.83. The molecule has 2 aromatic heterocycles. The van der Waals surface area contributed by atoms with Crippen LogP contribution in [-0.2, 0) is 0 Å². The fraction of sp³-hybridized carbons (Fsp3) is 0.200. The number of furan rings is 1. The highest BCUT2D eigenvalue weighted by Gasteiger charge is 2.15. The third kappa shape index (κ3) is 2.05. The summed E-state index contributed by atoms with van der Waals surface area (Å²) in [7, 11) is 0. The number of aromatic nitrogens is 2. The lowest BCUT2D eigenvalue weighted by Gasteiger charge is -2.06. The van der Waals surface area contributed by atoms with Gasteiger partial charge in [-0.3, -0.25) is 0 Å². The van der Waals surface area contributed by atoms with E-state index in [9.17, 15) is 0 Å². The molecule has 0 aliphatic carbocycles. The first-order valence-corrected chi connectivity index (χ1v) is 6.10. The second kappa shape index (κ2) is 4.39. The van der Waals surface area contributed by atoms with E-state index in [0.717, 1.165) is 28.0 Å². The SMILES string of the molecule is Cc1cccc(Oc2ncnc3oc(C)c(C)c23)c1. The van der Waals surface area contributed by atoms with Crippen molar-refractivity contribution < 1.29 is 9.15 Å². The van der Waals surface area contributed by atoms with Crippen molar-refractivity contribution in [1.29, 1.82) is 0 Å². The maximum Gasteiger partial charge on any atom is 0.233 e. The van der Waals surface area contributed by atoms with Gasteiger partial charge in [-0.2, -0.15) is 0 Å². The Hall–Kier alpha value is -2.36. The van der Waals surface area contributed by atoms with Crippen molar-refractivity contribution >= 4 is 11.1 Å². The van der Waals surface area contributed by atoms with E-state index in [1.165, 1.54) is 6.33 Å². The maximum atomic E-state index is 5.86. The summed E-state index contributed by atoms with van der Waals surface area (Å²) in [6.07, 6.45) is 1.45. The van der Waals surface area contributed by atoms with Crippen molar-refractivity contribution in [2.24, 2.45) is 0 Å². The predicted molar refractivity (Wildman–Crippen MR) is 72.5 cm³/mol. The Morgan fingerprint density at radius 2 is 1.95 bits per heavy atom. The molecule has 0 radical (unpaired) electrons. The molecule has 3 rings (SSSR count). The summed E-state index contributed by atoms with van der Waals surface area (Å²) in [5, 5.41) is 0.835. The zero-order valence-electron chi connectivity index (χ0n) is 11.1. The minimum atomic E-state index is 0.532. The molecule has 96 valence electrons. The molecule has 0 atom stereocenters. The van der Waals surface area contributed by atoms with Gasteiger partial charge in [0.2, 0.25) is 11.6 Å². The summed E-state index contributed by atoms with van der Waals surface area (Å²) < 4.78 is 11.4. The van der Waals surface area contributed by atoms with Crippen LogP contribution in [0.1, 0.15) is 16.9 Å². The first-order chi connectivity index (χ1) is 9.15. The van der Waals surface area contributed by atoms with Gasteiger partial charge in [-0.25, -0.2) is 9.97 Å². The van der Waals surface area contributed by atoms with Crippen LogP contribution < -0.4 is 4.74 Å². The molecule has 0 fully saturated rings. The van der Waals surface area contributed by atoms with E-state index in [1.807, 2.05) is 45.0 Å². The van der Waals surface area contributed by atoms with Gasteiger partial charge in [0.25, 0.3) is 0 Å². The lowest BCUT2D eigenvalue weighted by Crippen LogP contribution is -1.91. The zero-order chi connectivity index (χ0) is 13.4. The Balaban J connectivity index is 2.10. The number of benzene rings is 1. The molecule has 19 heavy (non-hydrogen) atoms. The number of hydrogen-bond acceptors (Lipinski definition) is 4. The number of fused-ring (bicyclic) bond motifs is 1. The highest BCUT2D eigenvalue weighted by atomic mass is 16.5. The zero-order valence-corrected chi connectivity index (χ0v) is 11.1. The van der Waals surface area contributed by atoms with Crippen LogP contribution in [0.5, 0.6) is 11.6 Å². The summed E-state index contributed by atoms with van der Waals surface area (Å²) in [5.41, 5.74) is 2.72. The molecule has 0 unspecified atom stereocenters. The van der Waals surface area contributed by atoms with E-state index in [-0.39, 0.29) is 0 Å². The third-order valence-corrected chi connectivity index (χ3v) is 3.13. The van der Waals surface area contributed by atoms with Gasteiger partial charge < -0.3 is 9.15 Å². The summed E-state index contributed by atoms with van der Waals surface area (Å²) in [6.45, 7) is 5.91. The molecule has 0 spiro atoms. The average molecular weight is 254 g/mol. The van der Waals surface area contributed by atoms with E-state index in [2.05, 4.69) is 9.97 Å². The Morgan fingerprint density at radius 1 is 1.11 bits per heavy atom. The Labute approximate surface area is 111 Å². The molecule has 0 amide bonds. The van der Waals surface area contributed by atoms with E-state index in [0.29, 0.717) is 11.6 Å². The molecule has 0 N–H and O–H groups in total.